The molecule has 0 heterocycles. The van der Waals surface area contributed by atoms with Gasteiger partial charge in [0.05, 0.1) is 0 Å². The Kier molecular flexibility index (Phi) is 7.58. The number of nitrogens with one attached hydrogen (secondary N) is 1. The topological polar surface area (TPSA) is 12.0 Å². The van der Waals surface area contributed by atoms with Crippen LogP contribution in [0.25, 0.3) is 0 Å². The van der Waals surface area contributed by atoms with E-state index in [4.69, 9.17) is 0 Å². The summed E-state index contributed by atoms with van der Waals surface area (Å²) < 4.78 is 0. The molecule has 1 atom stereocenters. The summed E-state index contributed by atoms with van der Waals surface area (Å²) in [6.07, 6.45) is 13.3. The maximum Gasteiger partial charge on any atom is -0.00115 e. The van der Waals surface area contributed by atoms with E-state index in [0.29, 0.717) is 0 Å². The van der Waals surface area contributed by atoms with Gasteiger partial charge in [0.1, 0.15) is 0 Å². The zero-order chi connectivity index (χ0) is 11.6. The van der Waals surface area contributed by atoms with Crippen LogP contribution in [0.5, 0.6) is 0 Å². The van der Waals surface area contributed by atoms with E-state index in [0.717, 1.165) is 5.92 Å². The van der Waals surface area contributed by atoms with E-state index in [1.54, 1.807) is 5.57 Å². The fraction of sp³-hybridized carbons (Fsp3) is 0.867. The lowest BCUT2D eigenvalue weighted by Crippen LogP contribution is -2.23. The van der Waals surface area contributed by atoms with Crippen LogP contribution < -0.4 is 5.32 Å². The van der Waals surface area contributed by atoms with E-state index in [-0.39, 0.29) is 0 Å². The molecule has 0 radical (unpaired) electrons. The van der Waals surface area contributed by atoms with E-state index in [2.05, 4.69) is 25.2 Å². The Balaban J connectivity index is 1.99. The Morgan fingerprint density at radius 1 is 1.38 bits per heavy atom. The van der Waals surface area contributed by atoms with Gasteiger partial charge in [0.15, 0.2) is 0 Å². The van der Waals surface area contributed by atoms with Crippen LogP contribution in [0, 0.1) is 5.92 Å². The van der Waals surface area contributed by atoms with Crippen LogP contribution in [0.1, 0.15) is 65.2 Å². The van der Waals surface area contributed by atoms with Crippen molar-refractivity contribution in [3.8, 4) is 0 Å². The van der Waals surface area contributed by atoms with Crippen LogP contribution in [0.15, 0.2) is 11.6 Å². The van der Waals surface area contributed by atoms with Gasteiger partial charge in [-0.05, 0) is 51.1 Å². The monoisotopic (exact) mass is 223 g/mol. The zero-order valence-electron chi connectivity index (χ0n) is 11.2. The highest BCUT2D eigenvalue weighted by atomic mass is 14.9. The first kappa shape index (κ1) is 13.8. The SMILES string of the molecule is CCCCC(CC)CNCCC1=CCCC1. The summed E-state index contributed by atoms with van der Waals surface area (Å²) in [6.45, 7) is 7.02. The molecule has 0 fully saturated rings. The minimum absolute atomic E-state index is 0.900. The number of unbranched alkanes of at least 4 members (excludes halogenated alkanes) is 1. The summed E-state index contributed by atoms with van der Waals surface area (Å²) in [4.78, 5) is 0. The maximum absolute atomic E-state index is 3.63. The van der Waals surface area contributed by atoms with Crippen LogP contribution in [0.4, 0.5) is 0 Å². The van der Waals surface area contributed by atoms with Gasteiger partial charge in [-0.25, -0.2) is 0 Å². The molecule has 1 aliphatic rings. The summed E-state index contributed by atoms with van der Waals surface area (Å²) in [5.74, 6) is 0.900. The van der Waals surface area contributed by atoms with E-state index in [9.17, 15) is 0 Å². The molecule has 0 spiro atoms. The first-order valence-corrected chi connectivity index (χ1v) is 7.25. The highest BCUT2D eigenvalue weighted by molar-refractivity contribution is 5.07. The number of hydrogen-bond acceptors (Lipinski definition) is 1. The van der Waals surface area contributed by atoms with E-state index in [1.165, 1.54) is 64.5 Å². The average molecular weight is 223 g/mol. The van der Waals surface area contributed by atoms with Crippen LogP contribution in [-0.2, 0) is 0 Å². The van der Waals surface area contributed by atoms with Gasteiger partial charge in [0, 0.05) is 0 Å². The Bertz CT molecular complexity index is 196. The molecule has 0 aromatic rings. The second-order valence-electron chi connectivity index (χ2n) is 5.13. The van der Waals surface area contributed by atoms with Crippen molar-refractivity contribution < 1.29 is 0 Å². The summed E-state index contributed by atoms with van der Waals surface area (Å²) >= 11 is 0. The normalized spacial score (nSPS) is 17.5. The zero-order valence-corrected chi connectivity index (χ0v) is 11.2. The van der Waals surface area contributed by atoms with Gasteiger partial charge < -0.3 is 5.32 Å². The molecule has 16 heavy (non-hydrogen) atoms. The van der Waals surface area contributed by atoms with E-state index >= 15 is 0 Å². The van der Waals surface area contributed by atoms with E-state index in [1.807, 2.05) is 0 Å². The van der Waals surface area contributed by atoms with Crippen molar-refractivity contribution in [1.29, 1.82) is 0 Å². The van der Waals surface area contributed by atoms with Crippen molar-refractivity contribution in [2.45, 2.75) is 65.2 Å². The summed E-state index contributed by atoms with van der Waals surface area (Å²) in [6, 6.07) is 0. The van der Waals surface area contributed by atoms with Crippen LogP contribution in [0.2, 0.25) is 0 Å². The molecule has 0 saturated carbocycles. The van der Waals surface area contributed by atoms with Gasteiger partial charge in [0.25, 0.3) is 0 Å². The molecule has 1 N–H and O–H groups in total. The van der Waals surface area contributed by atoms with Gasteiger partial charge in [-0.1, -0.05) is 44.8 Å². The quantitative estimate of drug-likeness (QED) is 0.454. The maximum atomic E-state index is 3.63. The van der Waals surface area contributed by atoms with Gasteiger partial charge >= 0.3 is 0 Å². The van der Waals surface area contributed by atoms with Gasteiger partial charge in [0.2, 0.25) is 0 Å². The van der Waals surface area contributed by atoms with Crippen LogP contribution in [-0.4, -0.2) is 13.1 Å². The van der Waals surface area contributed by atoms with Crippen LogP contribution >= 0.6 is 0 Å². The highest BCUT2D eigenvalue weighted by Crippen LogP contribution is 2.19. The lowest BCUT2D eigenvalue weighted by molar-refractivity contribution is 0.421. The third-order valence-electron chi connectivity index (χ3n) is 3.73. The molecule has 0 aromatic carbocycles. The first-order valence-electron chi connectivity index (χ1n) is 7.25. The van der Waals surface area contributed by atoms with Crippen molar-refractivity contribution >= 4 is 0 Å². The third-order valence-corrected chi connectivity index (χ3v) is 3.73. The van der Waals surface area contributed by atoms with Crippen molar-refractivity contribution in [3.63, 3.8) is 0 Å². The minimum Gasteiger partial charge on any atom is -0.316 e. The lowest BCUT2D eigenvalue weighted by Gasteiger charge is -2.15. The number of hydrogen-bond donors (Lipinski definition) is 1. The second-order valence-corrected chi connectivity index (χ2v) is 5.13. The molecule has 0 amide bonds. The lowest BCUT2D eigenvalue weighted by atomic mass is 9.99. The largest absolute Gasteiger partial charge is 0.316 e. The summed E-state index contributed by atoms with van der Waals surface area (Å²) in [7, 11) is 0. The van der Waals surface area contributed by atoms with Gasteiger partial charge in [-0.3, -0.25) is 0 Å². The fourth-order valence-electron chi connectivity index (χ4n) is 2.46. The molecule has 0 bridgehead atoms. The predicted molar refractivity (Wildman–Crippen MR) is 72.7 cm³/mol. The summed E-state index contributed by atoms with van der Waals surface area (Å²) in [5, 5.41) is 3.63. The molecule has 1 unspecified atom stereocenters. The van der Waals surface area contributed by atoms with Gasteiger partial charge in [-0.15, -0.1) is 0 Å². The molecule has 0 saturated heterocycles. The number of allylic oxidation sites excluding steroid dienone is 1. The van der Waals surface area contributed by atoms with Crippen molar-refractivity contribution in [3.05, 3.63) is 11.6 Å². The van der Waals surface area contributed by atoms with Crippen LogP contribution in [0.3, 0.4) is 0 Å². The average Bonchev–Trinajstić information content (AvgIpc) is 2.81. The Morgan fingerprint density at radius 3 is 2.88 bits per heavy atom. The minimum atomic E-state index is 0.900. The molecule has 1 heteroatoms. The van der Waals surface area contributed by atoms with E-state index < -0.39 is 0 Å². The number of rotatable bonds is 9. The summed E-state index contributed by atoms with van der Waals surface area (Å²) in [5.41, 5.74) is 1.69. The molecule has 1 aliphatic carbocycles. The Labute approximate surface area is 102 Å². The second kappa shape index (κ2) is 8.81. The van der Waals surface area contributed by atoms with Crippen molar-refractivity contribution in [2.24, 2.45) is 5.92 Å². The van der Waals surface area contributed by atoms with Gasteiger partial charge in [-0.2, -0.15) is 0 Å². The molecule has 94 valence electrons. The molecule has 0 aliphatic heterocycles. The molecular formula is C15H29N. The molecule has 1 rings (SSSR count). The Morgan fingerprint density at radius 2 is 2.25 bits per heavy atom. The van der Waals surface area contributed by atoms with Crippen molar-refractivity contribution in [1.82, 2.24) is 5.32 Å². The third kappa shape index (κ3) is 5.69. The molecular weight excluding hydrogens is 194 g/mol. The standard InChI is InChI=1S/C15H29N/c1-3-5-8-14(4-2)13-16-12-11-15-9-6-7-10-15/h9,14,16H,3-8,10-13H2,1-2H3. The smallest absolute Gasteiger partial charge is 0.00115 e. The molecule has 0 aromatic heterocycles. The first-order chi connectivity index (χ1) is 7.86. The fourth-order valence-corrected chi connectivity index (χ4v) is 2.46. The molecule has 1 nitrogen and oxygen atoms in total. The predicted octanol–water partition coefficient (Wildman–Crippen LogP) is 4.29. The highest BCUT2D eigenvalue weighted by Gasteiger charge is 2.06. The van der Waals surface area contributed by atoms with Crippen molar-refractivity contribution in [2.75, 3.05) is 13.1 Å². The Hall–Kier alpha value is -0.300.